The maximum absolute atomic E-state index is 13.6. The molecule has 280 valence electrons. The molecule has 1 aliphatic carbocycles. The first-order chi connectivity index (χ1) is 24.2. The van der Waals surface area contributed by atoms with Gasteiger partial charge in [-0.1, -0.05) is 37.5 Å². The van der Waals surface area contributed by atoms with Gasteiger partial charge in [-0.3, -0.25) is 9.69 Å². The van der Waals surface area contributed by atoms with Crippen LogP contribution in [0.25, 0.3) is 22.2 Å². The van der Waals surface area contributed by atoms with Gasteiger partial charge in [-0.15, -0.1) is 0 Å². The molecule has 2 N–H and O–H groups in total. The zero-order valence-electron chi connectivity index (χ0n) is 30.9. The molecule has 14 heteroatoms. The van der Waals surface area contributed by atoms with E-state index in [9.17, 15) is 18.0 Å². The molecule has 0 spiro atoms. The number of ether oxygens (including phenoxy) is 4. The maximum Gasteiger partial charge on any atom is 0.407 e. The number of fused-ring (bicyclic) bond motifs is 5. The summed E-state index contributed by atoms with van der Waals surface area (Å²) >= 11 is 0. The Morgan fingerprint density at radius 3 is 2.43 bits per heavy atom. The number of likely N-dealkylation sites (N-methyl/N-ethyl adjacent to an activating group) is 2. The minimum atomic E-state index is -4.20. The van der Waals surface area contributed by atoms with Crippen LogP contribution in [0, 0.1) is 0 Å². The van der Waals surface area contributed by atoms with E-state index in [1.54, 1.807) is 12.1 Å². The molecular weight excluding hydrogens is 675 g/mol. The Bertz CT molecular complexity index is 1790. The highest BCUT2D eigenvalue weighted by Gasteiger charge is 2.32. The van der Waals surface area contributed by atoms with Gasteiger partial charge in [0.2, 0.25) is 0 Å². The molecular formula is C37H53N5O8S. The van der Waals surface area contributed by atoms with Crippen molar-refractivity contribution in [3.05, 3.63) is 53.6 Å². The van der Waals surface area contributed by atoms with Crippen LogP contribution in [0.2, 0.25) is 0 Å². The Morgan fingerprint density at radius 1 is 1.04 bits per heavy atom. The number of para-hydroxylation sites is 1. The second kappa shape index (κ2) is 16.3. The number of carbonyl (C=O) groups excluding carboxylic acids is 2. The third-order valence-electron chi connectivity index (χ3n) is 9.67. The lowest BCUT2D eigenvalue weighted by molar-refractivity contribution is -0.106. The van der Waals surface area contributed by atoms with Gasteiger partial charge in [0.25, 0.3) is 5.91 Å². The molecule has 13 nitrogen and oxygen atoms in total. The van der Waals surface area contributed by atoms with Crippen LogP contribution >= 0.6 is 0 Å². The van der Waals surface area contributed by atoms with Crippen molar-refractivity contribution >= 4 is 33.1 Å². The SMILES string of the molecule is COC(CN(C)S(=O)(=O)NC(=O)c1ccc2c(C3CCCCC3)c3n(c2c1)C[C@@H](N(C)CCNC(=O)OC(C)(C)C)COc1ccccc1-3)OC. The van der Waals surface area contributed by atoms with E-state index in [0.29, 0.717) is 32.2 Å². The van der Waals surface area contributed by atoms with Gasteiger partial charge < -0.3 is 28.8 Å². The van der Waals surface area contributed by atoms with E-state index in [0.717, 1.165) is 57.9 Å². The molecule has 3 aromatic rings. The van der Waals surface area contributed by atoms with Crippen LogP contribution in [0.5, 0.6) is 5.75 Å². The lowest BCUT2D eigenvalue weighted by atomic mass is 9.81. The zero-order chi connectivity index (χ0) is 36.9. The summed E-state index contributed by atoms with van der Waals surface area (Å²) in [5, 5.41) is 3.89. The number of rotatable bonds is 12. The molecule has 0 unspecified atom stereocenters. The molecule has 2 aliphatic rings. The van der Waals surface area contributed by atoms with Gasteiger partial charge in [0.05, 0.1) is 18.3 Å². The number of nitrogens with one attached hydrogen (secondary N) is 2. The average molecular weight is 728 g/mol. The second-order valence-corrected chi connectivity index (χ2v) is 16.2. The van der Waals surface area contributed by atoms with E-state index in [-0.39, 0.29) is 18.2 Å². The fraction of sp³-hybridized carbons (Fsp3) is 0.568. The van der Waals surface area contributed by atoms with Gasteiger partial charge in [-0.05, 0) is 76.4 Å². The fourth-order valence-electron chi connectivity index (χ4n) is 6.94. The second-order valence-electron chi connectivity index (χ2n) is 14.4. The van der Waals surface area contributed by atoms with Crippen molar-refractivity contribution in [3.8, 4) is 17.0 Å². The normalized spacial score (nSPS) is 17.1. The molecule has 1 saturated carbocycles. The number of amides is 2. The lowest BCUT2D eigenvalue weighted by Crippen LogP contribution is -2.45. The van der Waals surface area contributed by atoms with Gasteiger partial charge in [0.1, 0.15) is 18.0 Å². The van der Waals surface area contributed by atoms with Crippen molar-refractivity contribution in [2.75, 3.05) is 54.6 Å². The summed E-state index contributed by atoms with van der Waals surface area (Å²) in [5.74, 6) is 0.366. The minimum absolute atomic E-state index is 0.102. The Kier molecular flexibility index (Phi) is 12.3. The summed E-state index contributed by atoms with van der Waals surface area (Å²) in [6.45, 7) is 7.25. The Labute approximate surface area is 301 Å². The van der Waals surface area contributed by atoms with E-state index in [2.05, 4.69) is 25.6 Å². The number of methoxy groups -OCH3 is 2. The molecule has 1 aliphatic heterocycles. The molecule has 5 rings (SSSR count). The van der Waals surface area contributed by atoms with Gasteiger partial charge in [-0.2, -0.15) is 12.7 Å². The van der Waals surface area contributed by atoms with E-state index < -0.39 is 34.1 Å². The quantitative estimate of drug-likeness (QED) is 0.244. The highest BCUT2D eigenvalue weighted by molar-refractivity contribution is 7.87. The minimum Gasteiger partial charge on any atom is -0.491 e. The molecule has 1 fully saturated rings. The molecule has 2 aromatic carbocycles. The molecule has 1 aromatic heterocycles. The molecule has 0 radical (unpaired) electrons. The molecule has 0 saturated heterocycles. The van der Waals surface area contributed by atoms with Crippen molar-refractivity contribution in [1.29, 1.82) is 0 Å². The number of hydrogen-bond donors (Lipinski definition) is 2. The number of carbonyl (C=O) groups is 2. The predicted molar refractivity (Wildman–Crippen MR) is 196 cm³/mol. The lowest BCUT2D eigenvalue weighted by Gasteiger charge is -2.32. The zero-order valence-corrected chi connectivity index (χ0v) is 31.7. The highest BCUT2D eigenvalue weighted by Crippen LogP contribution is 2.47. The van der Waals surface area contributed by atoms with Crippen LogP contribution < -0.4 is 14.8 Å². The summed E-state index contributed by atoms with van der Waals surface area (Å²) in [6, 6.07) is 13.4. The van der Waals surface area contributed by atoms with E-state index in [1.807, 2.05) is 52.1 Å². The van der Waals surface area contributed by atoms with E-state index in [1.165, 1.54) is 33.3 Å². The predicted octanol–water partition coefficient (Wildman–Crippen LogP) is 5.10. The largest absolute Gasteiger partial charge is 0.491 e. The van der Waals surface area contributed by atoms with Gasteiger partial charge >= 0.3 is 16.3 Å². The van der Waals surface area contributed by atoms with Crippen LogP contribution in [0.3, 0.4) is 0 Å². The van der Waals surface area contributed by atoms with Crippen LogP contribution in [0.1, 0.15) is 74.7 Å². The summed E-state index contributed by atoms with van der Waals surface area (Å²) < 4.78 is 54.0. The molecule has 2 heterocycles. The Morgan fingerprint density at radius 2 is 1.75 bits per heavy atom. The molecule has 0 bridgehead atoms. The molecule has 2 amide bonds. The summed E-state index contributed by atoms with van der Waals surface area (Å²) in [5.41, 5.74) is 3.77. The number of alkyl carbamates (subject to hydrolysis) is 1. The summed E-state index contributed by atoms with van der Waals surface area (Å²) in [7, 11) is 2.00. The highest BCUT2D eigenvalue weighted by atomic mass is 32.2. The van der Waals surface area contributed by atoms with Crippen LogP contribution in [-0.2, 0) is 31.0 Å². The number of aromatic nitrogens is 1. The molecule has 1 atom stereocenters. The van der Waals surface area contributed by atoms with Crippen molar-refractivity contribution in [2.24, 2.45) is 0 Å². The standard InChI is InChI=1S/C37H53N5O8S/c1-37(2,3)50-36(44)38-19-20-40(4)27-22-42-30-21-26(35(43)39-51(45,46)41(5)23-32(47-6)48-7)17-18-28(30)33(25-13-9-8-10-14-25)34(42)29-15-11-12-16-31(29)49-24-27/h11-12,15-18,21,25,27,32H,8-10,13-14,19-20,22-24H2,1-7H3,(H,38,44)(H,39,43)/t27-/m1/s1. The van der Waals surface area contributed by atoms with E-state index in [4.69, 9.17) is 18.9 Å². The first-order valence-electron chi connectivity index (χ1n) is 17.6. The summed E-state index contributed by atoms with van der Waals surface area (Å²) in [4.78, 5) is 28.1. The van der Waals surface area contributed by atoms with Gasteiger partial charge in [-0.25, -0.2) is 9.52 Å². The first kappa shape index (κ1) is 38.5. The van der Waals surface area contributed by atoms with Crippen LogP contribution in [0.4, 0.5) is 4.79 Å². The van der Waals surface area contributed by atoms with Crippen LogP contribution in [-0.4, -0.2) is 107 Å². The maximum atomic E-state index is 13.6. The van der Waals surface area contributed by atoms with Crippen molar-refractivity contribution in [3.63, 3.8) is 0 Å². The Hall–Kier alpha value is -3.69. The number of hydrogen-bond acceptors (Lipinski definition) is 9. The summed E-state index contributed by atoms with van der Waals surface area (Å²) in [6.07, 6.45) is 4.36. The first-order valence-corrected chi connectivity index (χ1v) is 19.1. The molecule has 51 heavy (non-hydrogen) atoms. The van der Waals surface area contributed by atoms with Crippen molar-refractivity contribution in [1.82, 2.24) is 23.8 Å². The number of benzene rings is 2. The smallest absolute Gasteiger partial charge is 0.407 e. The topological polar surface area (TPSA) is 141 Å². The third-order valence-corrected chi connectivity index (χ3v) is 11.1. The van der Waals surface area contributed by atoms with Crippen molar-refractivity contribution in [2.45, 2.75) is 83.3 Å². The fourth-order valence-corrected chi connectivity index (χ4v) is 7.77. The van der Waals surface area contributed by atoms with Crippen LogP contribution in [0.15, 0.2) is 42.5 Å². The van der Waals surface area contributed by atoms with Gasteiger partial charge in [0.15, 0.2) is 6.29 Å². The average Bonchev–Trinajstić information content (AvgIpc) is 3.39. The van der Waals surface area contributed by atoms with E-state index >= 15 is 0 Å². The number of nitrogens with zero attached hydrogens (tertiary/aromatic N) is 3. The van der Waals surface area contributed by atoms with Gasteiger partial charge in [0, 0.05) is 62.9 Å². The Balaban J connectivity index is 1.53. The van der Waals surface area contributed by atoms with Crippen molar-refractivity contribution < 1.29 is 37.0 Å². The monoisotopic (exact) mass is 727 g/mol. The third kappa shape index (κ3) is 9.22.